The van der Waals surface area contributed by atoms with Crippen LogP contribution >= 0.6 is 12.6 Å². The molecule has 0 aliphatic carbocycles. The lowest BCUT2D eigenvalue weighted by Gasteiger charge is -2.37. The van der Waals surface area contributed by atoms with Crippen LogP contribution in [0.2, 0.25) is 0 Å². The van der Waals surface area contributed by atoms with Gasteiger partial charge in [-0.1, -0.05) is 71.1 Å². The number of unbranched alkanes of at least 4 members (excludes halogenated alkanes) is 11. The van der Waals surface area contributed by atoms with Crippen LogP contribution in [0.15, 0.2) is 0 Å². The summed E-state index contributed by atoms with van der Waals surface area (Å²) in [7, 11) is 0. The molecule has 0 radical (unpaired) electrons. The van der Waals surface area contributed by atoms with Crippen LogP contribution in [0.1, 0.15) is 104 Å². The SMILES string of the molecule is CCCCCCCCCCCCCC1(C)OCC(OCCCCS)CO1. The molecule has 0 atom stereocenters. The second-order valence-electron chi connectivity index (χ2n) is 7.96. The molecule has 1 aliphatic heterocycles. The second-order valence-corrected chi connectivity index (χ2v) is 8.41. The Morgan fingerprint density at radius 3 is 1.88 bits per heavy atom. The van der Waals surface area contributed by atoms with Crippen LogP contribution in [0.25, 0.3) is 0 Å². The van der Waals surface area contributed by atoms with Crippen molar-refractivity contribution in [3.05, 3.63) is 0 Å². The minimum atomic E-state index is -0.399. The predicted molar refractivity (Wildman–Crippen MR) is 114 cm³/mol. The van der Waals surface area contributed by atoms with Crippen molar-refractivity contribution in [2.45, 2.75) is 116 Å². The maximum Gasteiger partial charge on any atom is 0.165 e. The summed E-state index contributed by atoms with van der Waals surface area (Å²) in [6, 6.07) is 0. The summed E-state index contributed by atoms with van der Waals surface area (Å²) in [5.41, 5.74) is 0. The Hall–Kier alpha value is 0.230. The molecule has 0 spiro atoms. The van der Waals surface area contributed by atoms with Crippen LogP contribution in [0.5, 0.6) is 0 Å². The molecule has 1 fully saturated rings. The first-order valence-electron chi connectivity index (χ1n) is 11.2. The first-order chi connectivity index (χ1) is 12.7. The standard InChI is InChI=1S/C22H44O3S/c1-3-4-5-6-7-8-9-10-11-12-13-16-22(2)24-19-21(20-25-22)23-17-14-15-18-26/h21,26H,3-20H2,1-2H3. The number of hydrogen-bond donors (Lipinski definition) is 1. The van der Waals surface area contributed by atoms with E-state index in [1.807, 2.05) is 0 Å². The van der Waals surface area contributed by atoms with Crippen molar-refractivity contribution < 1.29 is 14.2 Å². The summed E-state index contributed by atoms with van der Waals surface area (Å²) in [6.07, 6.45) is 18.3. The monoisotopic (exact) mass is 388 g/mol. The molecule has 156 valence electrons. The molecule has 1 rings (SSSR count). The zero-order chi connectivity index (χ0) is 18.9. The Bertz CT molecular complexity index is 304. The zero-order valence-electron chi connectivity index (χ0n) is 17.5. The van der Waals surface area contributed by atoms with Crippen molar-refractivity contribution in [3.8, 4) is 0 Å². The molecule has 1 aliphatic rings. The molecule has 4 heteroatoms. The van der Waals surface area contributed by atoms with Gasteiger partial charge in [-0.2, -0.15) is 12.6 Å². The average molecular weight is 389 g/mol. The topological polar surface area (TPSA) is 27.7 Å². The van der Waals surface area contributed by atoms with Crippen LogP contribution in [-0.4, -0.2) is 37.5 Å². The lowest BCUT2D eigenvalue weighted by atomic mass is 10.0. The fraction of sp³-hybridized carbons (Fsp3) is 1.00. The Balaban J connectivity index is 1.91. The van der Waals surface area contributed by atoms with Crippen LogP contribution in [-0.2, 0) is 14.2 Å². The molecule has 0 aromatic carbocycles. The van der Waals surface area contributed by atoms with Gasteiger partial charge >= 0.3 is 0 Å². The highest BCUT2D eigenvalue weighted by Gasteiger charge is 2.32. The van der Waals surface area contributed by atoms with E-state index < -0.39 is 5.79 Å². The number of ether oxygens (including phenoxy) is 3. The van der Waals surface area contributed by atoms with Crippen molar-refractivity contribution in [2.24, 2.45) is 0 Å². The summed E-state index contributed by atoms with van der Waals surface area (Å²) in [4.78, 5) is 0. The fourth-order valence-electron chi connectivity index (χ4n) is 3.44. The largest absolute Gasteiger partial charge is 0.373 e. The van der Waals surface area contributed by atoms with Gasteiger partial charge in [0.2, 0.25) is 0 Å². The number of hydrogen-bond acceptors (Lipinski definition) is 4. The van der Waals surface area contributed by atoms with E-state index in [-0.39, 0.29) is 6.10 Å². The maximum absolute atomic E-state index is 5.96. The van der Waals surface area contributed by atoms with Crippen molar-refractivity contribution >= 4 is 12.6 Å². The molecule has 0 bridgehead atoms. The molecule has 0 unspecified atom stereocenters. The first-order valence-corrected chi connectivity index (χ1v) is 11.8. The highest BCUT2D eigenvalue weighted by atomic mass is 32.1. The second kappa shape index (κ2) is 16.2. The summed E-state index contributed by atoms with van der Waals surface area (Å²) in [5, 5.41) is 0. The van der Waals surface area contributed by atoms with Gasteiger partial charge in [-0.15, -0.1) is 0 Å². The molecule has 26 heavy (non-hydrogen) atoms. The van der Waals surface area contributed by atoms with E-state index in [0.29, 0.717) is 13.2 Å². The molecule has 1 heterocycles. The van der Waals surface area contributed by atoms with E-state index in [1.165, 1.54) is 70.6 Å². The molecular weight excluding hydrogens is 344 g/mol. The maximum atomic E-state index is 5.96. The van der Waals surface area contributed by atoms with Crippen molar-refractivity contribution in [1.29, 1.82) is 0 Å². The van der Waals surface area contributed by atoms with Crippen molar-refractivity contribution in [2.75, 3.05) is 25.6 Å². The molecule has 0 N–H and O–H groups in total. The normalized spacial score (nSPS) is 23.4. The van der Waals surface area contributed by atoms with Gasteiger partial charge in [0.15, 0.2) is 5.79 Å². The highest BCUT2D eigenvalue weighted by molar-refractivity contribution is 7.80. The quantitative estimate of drug-likeness (QED) is 0.226. The first kappa shape index (κ1) is 24.3. The summed E-state index contributed by atoms with van der Waals surface area (Å²) in [5.74, 6) is 0.530. The minimum absolute atomic E-state index is 0.0975. The average Bonchev–Trinajstić information content (AvgIpc) is 2.65. The van der Waals surface area contributed by atoms with Gasteiger partial charge in [-0.3, -0.25) is 0 Å². The Morgan fingerprint density at radius 2 is 1.35 bits per heavy atom. The van der Waals surface area contributed by atoms with Crippen molar-refractivity contribution in [3.63, 3.8) is 0 Å². The van der Waals surface area contributed by atoms with Gasteiger partial charge in [-0.05, 0) is 31.9 Å². The Labute approximate surface area is 168 Å². The predicted octanol–water partition coefficient (Wildman–Crippen LogP) is 6.55. The van der Waals surface area contributed by atoms with Crippen LogP contribution in [0.4, 0.5) is 0 Å². The summed E-state index contributed by atoms with van der Waals surface area (Å²) in [6.45, 7) is 6.47. The summed E-state index contributed by atoms with van der Waals surface area (Å²) >= 11 is 4.22. The van der Waals surface area contributed by atoms with Crippen LogP contribution < -0.4 is 0 Å². The van der Waals surface area contributed by atoms with Gasteiger partial charge in [0.1, 0.15) is 6.10 Å². The molecule has 1 saturated heterocycles. The molecule has 3 nitrogen and oxygen atoms in total. The molecular formula is C22H44O3S. The lowest BCUT2D eigenvalue weighted by Crippen LogP contribution is -2.45. The lowest BCUT2D eigenvalue weighted by molar-refractivity contribution is -0.291. The van der Waals surface area contributed by atoms with Gasteiger partial charge in [0.25, 0.3) is 0 Å². The third-order valence-electron chi connectivity index (χ3n) is 5.29. The Kier molecular flexibility index (Phi) is 15.1. The third kappa shape index (κ3) is 12.6. The molecule has 0 amide bonds. The van der Waals surface area contributed by atoms with E-state index in [9.17, 15) is 0 Å². The third-order valence-corrected chi connectivity index (χ3v) is 5.61. The van der Waals surface area contributed by atoms with Gasteiger partial charge < -0.3 is 14.2 Å². The van der Waals surface area contributed by atoms with Gasteiger partial charge in [0.05, 0.1) is 13.2 Å². The van der Waals surface area contributed by atoms with E-state index in [0.717, 1.165) is 31.6 Å². The van der Waals surface area contributed by atoms with Crippen molar-refractivity contribution in [1.82, 2.24) is 0 Å². The highest BCUT2D eigenvalue weighted by Crippen LogP contribution is 2.26. The Morgan fingerprint density at radius 1 is 0.808 bits per heavy atom. The fourth-order valence-corrected chi connectivity index (χ4v) is 3.67. The summed E-state index contributed by atoms with van der Waals surface area (Å²) < 4.78 is 17.7. The minimum Gasteiger partial charge on any atom is -0.373 e. The van der Waals surface area contributed by atoms with Gasteiger partial charge in [-0.25, -0.2) is 0 Å². The van der Waals surface area contributed by atoms with Crippen LogP contribution in [0.3, 0.4) is 0 Å². The zero-order valence-corrected chi connectivity index (χ0v) is 18.4. The van der Waals surface area contributed by atoms with E-state index >= 15 is 0 Å². The number of thiol groups is 1. The smallest absolute Gasteiger partial charge is 0.165 e. The van der Waals surface area contributed by atoms with E-state index in [1.54, 1.807) is 0 Å². The van der Waals surface area contributed by atoms with E-state index in [2.05, 4.69) is 26.5 Å². The van der Waals surface area contributed by atoms with Gasteiger partial charge in [0, 0.05) is 13.0 Å². The number of rotatable bonds is 17. The molecule has 0 saturated carbocycles. The van der Waals surface area contributed by atoms with Crippen LogP contribution in [0, 0.1) is 0 Å². The van der Waals surface area contributed by atoms with E-state index in [4.69, 9.17) is 14.2 Å². The molecule has 0 aromatic rings. The molecule has 0 aromatic heterocycles.